The molecule has 1 aliphatic rings. The number of ether oxygens (including phenoxy) is 1. The number of carbonyl (C=O) groups excluding carboxylic acids is 1. The number of benzene rings is 1. The number of carbonyl (C=O) groups is 1. The first-order valence-corrected chi connectivity index (χ1v) is 8.40. The lowest BCUT2D eigenvalue weighted by Gasteiger charge is -2.38. The maximum Gasteiger partial charge on any atom is 0.255 e. The van der Waals surface area contributed by atoms with E-state index in [2.05, 4.69) is 22.4 Å². The van der Waals surface area contributed by atoms with Gasteiger partial charge < -0.3 is 25.0 Å². The number of rotatable bonds is 7. The zero-order chi connectivity index (χ0) is 17.0. The fourth-order valence-electron chi connectivity index (χ4n) is 3.28. The Morgan fingerprint density at radius 2 is 2.25 bits per heavy atom. The van der Waals surface area contributed by atoms with Crippen molar-refractivity contribution < 1.29 is 14.6 Å². The Balaban J connectivity index is 1.57. The van der Waals surface area contributed by atoms with E-state index in [-0.39, 0.29) is 12.5 Å². The molecule has 1 saturated heterocycles. The Morgan fingerprint density at radius 3 is 3.04 bits per heavy atom. The minimum atomic E-state index is -1.32. The lowest BCUT2D eigenvalue weighted by molar-refractivity contribution is -0.157. The van der Waals surface area contributed by atoms with Gasteiger partial charge in [0.05, 0.1) is 6.61 Å². The van der Waals surface area contributed by atoms with Gasteiger partial charge in [-0.25, -0.2) is 0 Å². The van der Waals surface area contributed by atoms with Gasteiger partial charge in [-0.15, -0.1) is 0 Å². The van der Waals surface area contributed by atoms with E-state index in [0.29, 0.717) is 32.7 Å². The molecule has 1 aliphatic heterocycles. The Hall–Kier alpha value is -1.89. The second kappa shape index (κ2) is 7.34. The number of nitrogens with one attached hydrogen (secondary N) is 2. The maximum atomic E-state index is 12.5. The first-order valence-electron chi connectivity index (χ1n) is 8.40. The molecule has 3 N–H and O–H groups in total. The SMILES string of the molecule is COCCN1CCCC(O)(CNCc2cc3ccccc3[nH]2)C1=O. The molecule has 1 amide bonds. The number of likely N-dealkylation sites (tertiary alicyclic amines) is 1. The molecule has 0 spiro atoms. The molecule has 0 saturated carbocycles. The average Bonchev–Trinajstić information content (AvgIpc) is 2.99. The predicted octanol–water partition coefficient (Wildman–Crippen LogP) is 1.26. The van der Waals surface area contributed by atoms with E-state index < -0.39 is 5.60 Å². The fourth-order valence-corrected chi connectivity index (χ4v) is 3.28. The topological polar surface area (TPSA) is 77.6 Å². The van der Waals surface area contributed by atoms with Crippen LogP contribution < -0.4 is 5.32 Å². The molecular formula is C18H25N3O3. The number of piperidine rings is 1. The summed E-state index contributed by atoms with van der Waals surface area (Å²) in [4.78, 5) is 17.5. The number of H-pyrrole nitrogens is 1. The first kappa shape index (κ1) is 17.0. The van der Waals surface area contributed by atoms with E-state index in [0.717, 1.165) is 23.0 Å². The van der Waals surface area contributed by atoms with E-state index in [1.54, 1.807) is 12.0 Å². The molecule has 1 aromatic heterocycles. The molecule has 3 rings (SSSR count). The first-order chi connectivity index (χ1) is 11.6. The Morgan fingerprint density at radius 1 is 1.42 bits per heavy atom. The number of aromatic amines is 1. The highest BCUT2D eigenvalue weighted by Crippen LogP contribution is 2.22. The van der Waals surface area contributed by atoms with Gasteiger partial charge in [0, 0.05) is 44.5 Å². The molecule has 1 fully saturated rings. The maximum absolute atomic E-state index is 12.5. The molecule has 2 aromatic rings. The molecular weight excluding hydrogens is 306 g/mol. The molecule has 0 radical (unpaired) electrons. The molecule has 1 aromatic carbocycles. The van der Waals surface area contributed by atoms with Gasteiger partial charge >= 0.3 is 0 Å². The molecule has 2 heterocycles. The van der Waals surface area contributed by atoms with Crippen LogP contribution in [0.2, 0.25) is 0 Å². The Bertz CT molecular complexity index is 667. The van der Waals surface area contributed by atoms with E-state index in [1.807, 2.05) is 18.2 Å². The third-order valence-electron chi connectivity index (χ3n) is 4.59. The quantitative estimate of drug-likeness (QED) is 0.714. The smallest absolute Gasteiger partial charge is 0.255 e. The summed E-state index contributed by atoms with van der Waals surface area (Å²) in [5, 5.41) is 15.1. The van der Waals surface area contributed by atoms with Crippen LogP contribution in [0.5, 0.6) is 0 Å². The number of amides is 1. The van der Waals surface area contributed by atoms with Crippen LogP contribution >= 0.6 is 0 Å². The van der Waals surface area contributed by atoms with Crippen LogP contribution in [-0.4, -0.2) is 59.8 Å². The van der Waals surface area contributed by atoms with E-state index in [1.165, 1.54) is 0 Å². The van der Waals surface area contributed by atoms with E-state index in [9.17, 15) is 9.90 Å². The van der Waals surface area contributed by atoms with Crippen molar-refractivity contribution in [2.75, 3.05) is 33.4 Å². The van der Waals surface area contributed by atoms with Crippen molar-refractivity contribution in [1.82, 2.24) is 15.2 Å². The number of aliphatic hydroxyl groups is 1. The lowest BCUT2D eigenvalue weighted by Crippen LogP contribution is -2.58. The molecule has 0 bridgehead atoms. The van der Waals surface area contributed by atoms with E-state index in [4.69, 9.17) is 4.74 Å². The lowest BCUT2D eigenvalue weighted by atomic mass is 9.91. The van der Waals surface area contributed by atoms with Crippen LogP contribution in [0.15, 0.2) is 30.3 Å². The number of nitrogens with zero attached hydrogens (tertiary/aromatic N) is 1. The van der Waals surface area contributed by atoms with Crippen molar-refractivity contribution in [2.45, 2.75) is 25.0 Å². The summed E-state index contributed by atoms with van der Waals surface area (Å²) in [6.45, 7) is 2.55. The summed E-state index contributed by atoms with van der Waals surface area (Å²) in [7, 11) is 1.61. The standard InChI is InChI=1S/C18H25N3O3/c1-24-10-9-21-8-4-7-18(23,17(21)22)13-19-12-15-11-14-5-2-3-6-16(14)20-15/h2-3,5-6,11,19-20,23H,4,7-10,12-13H2,1H3. The predicted molar refractivity (Wildman–Crippen MR) is 92.6 cm³/mol. The van der Waals surface area contributed by atoms with E-state index >= 15 is 0 Å². The van der Waals surface area contributed by atoms with Crippen LogP contribution in [0.1, 0.15) is 18.5 Å². The van der Waals surface area contributed by atoms with Crippen molar-refractivity contribution in [3.05, 3.63) is 36.0 Å². The molecule has 130 valence electrons. The summed E-state index contributed by atoms with van der Waals surface area (Å²) in [5.74, 6) is -0.199. The second-order valence-corrected chi connectivity index (χ2v) is 6.41. The number of para-hydroxylation sites is 1. The van der Waals surface area contributed by atoms with Gasteiger partial charge in [-0.1, -0.05) is 18.2 Å². The van der Waals surface area contributed by atoms with Crippen LogP contribution in [0.4, 0.5) is 0 Å². The highest BCUT2D eigenvalue weighted by molar-refractivity contribution is 5.86. The van der Waals surface area contributed by atoms with Gasteiger partial charge in [-0.3, -0.25) is 4.79 Å². The molecule has 24 heavy (non-hydrogen) atoms. The minimum Gasteiger partial charge on any atom is -0.383 e. The number of hydrogen-bond donors (Lipinski definition) is 3. The van der Waals surface area contributed by atoms with Crippen molar-refractivity contribution in [2.24, 2.45) is 0 Å². The van der Waals surface area contributed by atoms with Crippen molar-refractivity contribution >= 4 is 16.8 Å². The zero-order valence-electron chi connectivity index (χ0n) is 14.0. The monoisotopic (exact) mass is 331 g/mol. The highest BCUT2D eigenvalue weighted by Gasteiger charge is 2.41. The van der Waals surface area contributed by atoms with Crippen molar-refractivity contribution in [3.8, 4) is 0 Å². The van der Waals surface area contributed by atoms with Gasteiger partial charge in [0.15, 0.2) is 5.60 Å². The number of hydrogen-bond acceptors (Lipinski definition) is 4. The molecule has 0 aliphatic carbocycles. The van der Waals surface area contributed by atoms with Gasteiger partial charge in [0.1, 0.15) is 0 Å². The minimum absolute atomic E-state index is 0.199. The summed E-state index contributed by atoms with van der Waals surface area (Å²) in [6, 6.07) is 10.2. The molecule has 6 nitrogen and oxygen atoms in total. The van der Waals surface area contributed by atoms with Gasteiger partial charge in [-0.05, 0) is 30.4 Å². The second-order valence-electron chi connectivity index (χ2n) is 6.41. The van der Waals surface area contributed by atoms with Crippen molar-refractivity contribution in [1.29, 1.82) is 0 Å². The fraction of sp³-hybridized carbons (Fsp3) is 0.500. The summed E-state index contributed by atoms with van der Waals surface area (Å²) < 4.78 is 5.03. The normalized spacial score (nSPS) is 21.6. The summed E-state index contributed by atoms with van der Waals surface area (Å²) in [5.41, 5.74) is 0.810. The van der Waals surface area contributed by atoms with Gasteiger partial charge in [-0.2, -0.15) is 0 Å². The zero-order valence-corrected chi connectivity index (χ0v) is 14.0. The van der Waals surface area contributed by atoms with Crippen LogP contribution in [0.3, 0.4) is 0 Å². The highest BCUT2D eigenvalue weighted by atomic mass is 16.5. The number of fused-ring (bicyclic) bond motifs is 1. The molecule has 1 atom stereocenters. The van der Waals surface area contributed by atoms with Crippen molar-refractivity contribution in [3.63, 3.8) is 0 Å². The average molecular weight is 331 g/mol. The molecule has 6 heteroatoms. The molecule has 1 unspecified atom stereocenters. The Kier molecular flexibility index (Phi) is 5.18. The third kappa shape index (κ3) is 3.61. The number of methoxy groups -OCH3 is 1. The van der Waals surface area contributed by atoms with Crippen LogP contribution in [-0.2, 0) is 16.1 Å². The largest absolute Gasteiger partial charge is 0.383 e. The summed E-state index contributed by atoms with van der Waals surface area (Å²) in [6.07, 6.45) is 1.30. The van der Waals surface area contributed by atoms with Gasteiger partial charge in [0.25, 0.3) is 5.91 Å². The van der Waals surface area contributed by atoms with Crippen LogP contribution in [0, 0.1) is 0 Å². The number of aromatic nitrogens is 1. The third-order valence-corrected chi connectivity index (χ3v) is 4.59. The van der Waals surface area contributed by atoms with Gasteiger partial charge in [0.2, 0.25) is 0 Å². The summed E-state index contributed by atoms with van der Waals surface area (Å²) >= 11 is 0. The van der Waals surface area contributed by atoms with Crippen LogP contribution in [0.25, 0.3) is 10.9 Å². The Labute approximate surface area is 141 Å².